The van der Waals surface area contributed by atoms with Crippen LogP contribution in [0.1, 0.15) is 194 Å². The molecule has 0 saturated carbocycles. The number of carbonyl (C=O) groups excluding carboxylic acids is 2. The van der Waals surface area contributed by atoms with Crippen molar-refractivity contribution in [1.82, 2.24) is 0 Å². The first kappa shape index (κ1) is 52.4. The van der Waals surface area contributed by atoms with Crippen molar-refractivity contribution in [3.63, 3.8) is 0 Å². The summed E-state index contributed by atoms with van der Waals surface area (Å²) < 4.78 is 53.9. The third kappa shape index (κ3) is 28.7. The Morgan fingerprint density at radius 2 is 1.05 bits per heavy atom. The van der Waals surface area contributed by atoms with Crippen LogP contribution in [0.2, 0.25) is 0 Å². The standard InChI is InChI=1S/C43H80O12S/c1-3-5-7-9-11-13-15-17-18-20-21-23-25-27-29-31-38(44)52-33-36(34-53-43-42(48)41(47)40(46)37(55-43)35-56(49,50)51)54-39(45)32-30-28-26-24-22-19-16-14-12-10-8-6-4-2/h25,27,36-37,40-43,46-48H,3-24,26,28-35H2,1-2H3,(H,49,50,51)/b27-25+/t36-,37-,40-,41?,42?,43+/m1/s1. The molecular formula is C43H80O12S. The highest BCUT2D eigenvalue weighted by Crippen LogP contribution is 2.24. The summed E-state index contributed by atoms with van der Waals surface area (Å²) in [5.41, 5.74) is 0. The highest BCUT2D eigenvalue weighted by molar-refractivity contribution is 7.85. The molecule has 2 unspecified atom stereocenters. The van der Waals surface area contributed by atoms with Crippen molar-refractivity contribution in [2.45, 2.75) is 230 Å². The molecule has 1 rings (SSSR count). The molecule has 0 radical (unpaired) electrons. The lowest BCUT2D eigenvalue weighted by atomic mass is 10.00. The molecule has 0 aromatic carbocycles. The second-order valence-corrected chi connectivity index (χ2v) is 17.2. The highest BCUT2D eigenvalue weighted by atomic mass is 32.2. The number of unbranched alkanes of at least 4 members (excludes halogenated alkanes) is 23. The summed E-state index contributed by atoms with van der Waals surface area (Å²) in [5, 5.41) is 30.8. The zero-order valence-electron chi connectivity index (χ0n) is 35.0. The fourth-order valence-electron chi connectivity index (χ4n) is 6.87. The Labute approximate surface area is 339 Å². The lowest BCUT2D eigenvalue weighted by Crippen LogP contribution is -2.60. The summed E-state index contributed by atoms with van der Waals surface area (Å²) in [6.45, 7) is 3.73. The van der Waals surface area contributed by atoms with E-state index >= 15 is 0 Å². The number of rotatable bonds is 37. The van der Waals surface area contributed by atoms with Crippen LogP contribution in [0.5, 0.6) is 0 Å². The number of hydrogen-bond donors (Lipinski definition) is 4. The maximum atomic E-state index is 12.8. The summed E-state index contributed by atoms with van der Waals surface area (Å²) in [5.74, 6) is -2.03. The normalized spacial score (nSPS) is 20.7. The second kappa shape index (κ2) is 34.3. The van der Waals surface area contributed by atoms with Gasteiger partial charge in [0.1, 0.15) is 36.8 Å². The van der Waals surface area contributed by atoms with E-state index in [1.165, 1.54) is 122 Å². The molecule has 56 heavy (non-hydrogen) atoms. The van der Waals surface area contributed by atoms with Gasteiger partial charge >= 0.3 is 11.9 Å². The highest BCUT2D eigenvalue weighted by Gasteiger charge is 2.46. The minimum Gasteiger partial charge on any atom is -0.462 e. The Morgan fingerprint density at radius 3 is 1.55 bits per heavy atom. The fraction of sp³-hybridized carbons (Fsp3) is 0.907. The monoisotopic (exact) mass is 821 g/mol. The van der Waals surface area contributed by atoms with Crippen molar-refractivity contribution in [1.29, 1.82) is 0 Å². The first-order valence-corrected chi connectivity index (χ1v) is 23.9. The predicted octanol–water partition coefficient (Wildman–Crippen LogP) is 8.67. The zero-order chi connectivity index (χ0) is 41.3. The van der Waals surface area contributed by atoms with Gasteiger partial charge in [0, 0.05) is 12.8 Å². The van der Waals surface area contributed by atoms with Crippen LogP contribution in [0.25, 0.3) is 0 Å². The quantitative estimate of drug-likeness (QED) is 0.0203. The molecule has 6 atom stereocenters. The Bertz CT molecular complexity index is 1100. The molecule has 0 aromatic rings. The van der Waals surface area contributed by atoms with Crippen LogP contribution in [0.4, 0.5) is 0 Å². The average Bonchev–Trinajstić information content (AvgIpc) is 3.16. The van der Waals surface area contributed by atoms with Gasteiger partial charge in [-0.1, -0.05) is 167 Å². The van der Waals surface area contributed by atoms with Crippen LogP contribution in [0.15, 0.2) is 12.2 Å². The van der Waals surface area contributed by atoms with Gasteiger partial charge in [-0.05, 0) is 25.7 Å². The van der Waals surface area contributed by atoms with E-state index in [1.54, 1.807) is 0 Å². The Kier molecular flexibility index (Phi) is 32.1. The van der Waals surface area contributed by atoms with Crippen LogP contribution in [0.3, 0.4) is 0 Å². The number of carbonyl (C=O) groups is 2. The molecule has 0 bridgehead atoms. The number of aliphatic hydroxyl groups is 3. The van der Waals surface area contributed by atoms with Crippen LogP contribution < -0.4 is 0 Å². The Balaban J connectivity index is 2.47. The smallest absolute Gasteiger partial charge is 0.306 e. The van der Waals surface area contributed by atoms with Crippen molar-refractivity contribution in [2.24, 2.45) is 0 Å². The summed E-state index contributed by atoms with van der Waals surface area (Å²) in [6.07, 6.45) is 25.6. The van der Waals surface area contributed by atoms with Gasteiger partial charge in [0.2, 0.25) is 0 Å². The third-order valence-electron chi connectivity index (χ3n) is 10.4. The molecule has 1 aliphatic heterocycles. The van der Waals surface area contributed by atoms with E-state index in [4.69, 9.17) is 18.9 Å². The Morgan fingerprint density at radius 1 is 0.589 bits per heavy atom. The average molecular weight is 821 g/mol. The van der Waals surface area contributed by atoms with E-state index in [9.17, 15) is 37.9 Å². The Hall–Kier alpha value is -1.61. The lowest BCUT2D eigenvalue weighted by Gasteiger charge is -2.40. The maximum absolute atomic E-state index is 12.8. The van der Waals surface area contributed by atoms with Crippen LogP contribution in [-0.2, 0) is 38.7 Å². The number of ether oxygens (including phenoxy) is 4. The molecular weight excluding hydrogens is 741 g/mol. The SMILES string of the molecule is CCCCCCCCCCCCC/C=C/CCC(=O)OC[C@H](CO[C@H]1O[C@H](CS(=O)(=O)O)[C@@H](O)C(O)C1O)OC(=O)CCCCCCCCCCCCCCC. The minimum absolute atomic E-state index is 0.140. The topological polar surface area (TPSA) is 186 Å². The van der Waals surface area contributed by atoms with Gasteiger partial charge in [-0.3, -0.25) is 14.1 Å². The molecule has 0 aliphatic carbocycles. The predicted molar refractivity (Wildman–Crippen MR) is 220 cm³/mol. The van der Waals surface area contributed by atoms with E-state index in [0.29, 0.717) is 12.8 Å². The van der Waals surface area contributed by atoms with Crippen molar-refractivity contribution in [3.05, 3.63) is 12.2 Å². The molecule has 0 aromatic heterocycles. The molecule has 4 N–H and O–H groups in total. The third-order valence-corrected chi connectivity index (χ3v) is 11.1. The molecule has 0 amide bonds. The minimum atomic E-state index is -4.60. The maximum Gasteiger partial charge on any atom is 0.306 e. The summed E-state index contributed by atoms with van der Waals surface area (Å²) in [4.78, 5) is 25.3. The molecule has 330 valence electrons. The first-order valence-electron chi connectivity index (χ1n) is 22.2. The molecule has 0 spiro atoms. The van der Waals surface area contributed by atoms with Gasteiger partial charge in [0.05, 0.1) is 6.61 Å². The molecule has 1 heterocycles. The van der Waals surface area contributed by atoms with Crippen LogP contribution >= 0.6 is 0 Å². The van der Waals surface area contributed by atoms with E-state index < -0.39 is 71.2 Å². The zero-order valence-corrected chi connectivity index (χ0v) is 35.8. The number of allylic oxidation sites excluding steroid dienone is 2. The molecule has 1 fully saturated rings. The number of esters is 2. The lowest BCUT2D eigenvalue weighted by molar-refractivity contribution is -0.297. The van der Waals surface area contributed by atoms with Gasteiger partial charge in [0.25, 0.3) is 10.1 Å². The van der Waals surface area contributed by atoms with Gasteiger partial charge in [0.15, 0.2) is 12.4 Å². The van der Waals surface area contributed by atoms with Crippen molar-refractivity contribution in [3.8, 4) is 0 Å². The van der Waals surface area contributed by atoms with E-state index in [0.717, 1.165) is 32.1 Å². The van der Waals surface area contributed by atoms with Gasteiger partial charge in [-0.15, -0.1) is 0 Å². The molecule has 13 heteroatoms. The van der Waals surface area contributed by atoms with E-state index in [1.807, 2.05) is 6.08 Å². The molecule has 1 aliphatic rings. The summed E-state index contributed by atoms with van der Waals surface area (Å²) in [7, 11) is -4.60. The van der Waals surface area contributed by atoms with Crippen LogP contribution in [-0.4, -0.2) is 96.0 Å². The summed E-state index contributed by atoms with van der Waals surface area (Å²) >= 11 is 0. The number of hydrogen-bond acceptors (Lipinski definition) is 11. The molecule has 1 saturated heterocycles. The molecule has 12 nitrogen and oxygen atoms in total. The van der Waals surface area contributed by atoms with Gasteiger partial charge < -0.3 is 34.3 Å². The van der Waals surface area contributed by atoms with Crippen molar-refractivity contribution in [2.75, 3.05) is 19.0 Å². The fourth-order valence-corrected chi connectivity index (χ4v) is 7.56. The van der Waals surface area contributed by atoms with Gasteiger partial charge in [-0.25, -0.2) is 0 Å². The number of aliphatic hydroxyl groups excluding tert-OH is 3. The van der Waals surface area contributed by atoms with E-state index in [2.05, 4.69) is 19.9 Å². The van der Waals surface area contributed by atoms with Crippen LogP contribution in [0, 0.1) is 0 Å². The second-order valence-electron chi connectivity index (χ2n) is 15.7. The van der Waals surface area contributed by atoms with Crippen molar-refractivity contribution < 1.29 is 56.8 Å². The van der Waals surface area contributed by atoms with Crippen molar-refractivity contribution >= 4 is 22.1 Å². The largest absolute Gasteiger partial charge is 0.462 e. The summed E-state index contributed by atoms with van der Waals surface area (Å²) in [6, 6.07) is 0. The first-order chi connectivity index (χ1) is 27.0. The van der Waals surface area contributed by atoms with E-state index in [-0.39, 0.29) is 19.4 Å². The van der Waals surface area contributed by atoms with Gasteiger partial charge in [-0.2, -0.15) is 8.42 Å².